The van der Waals surface area contributed by atoms with Crippen molar-refractivity contribution >= 4 is 11.6 Å². The van der Waals surface area contributed by atoms with Gasteiger partial charge in [0, 0.05) is 38.9 Å². The molecule has 1 N–H and O–H groups in total. The number of ether oxygens (including phenoxy) is 3. The fraction of sp³-hybridized carbons (Fsp3) is 0.458. The average molecular weight is 426 g/mol. The zero-order chi connectivity index (χ0) is 21.6. The van der Waals surface area contributed by atoms with Gasteiger partial charge in [0.2, 0.25) is 0 Å². The highest BCUT2D eigenvalue weighted by Crippen LogP contribution is 2.31. The van der Waals surface area contributed by atoms with Crippen LogP contribution in [0.5, 0.6) is 11.5 Å². The van der Waals surface area contributed by atoms with E-state index in [4.69, 9.17) is 14.2 Å². The summed E-state index contributed by atoms with van der Waals surface area (Å²) in [5.41, 5.74) is 3.93. The second-order valence-electron chi connectivity index (χ2n) is 7.99. The molecule has 2 aliphatic rings. The van der Waals surface area contributed by atoms with Crippen molar-refractivity contribution in [3.05, 3.63) is 53.6 Å². The van der Waals surface area contributed by atoms with Gasteiger partial charge in [0.05, 0.1) is 26.4 Å². The molecular formula is C24H31N3O4. The highest BCUT2D eigenvalue weighted by atomic mass is 16.5. The number of likely N-dealkylation sites (N-methyl/N-ethyl adjacent to an activating group) is 1. The minimum absolute atomic E-state index is 0.0167. The summed E-state index contributed by atoms with van der Waals surface area (Å²) < 4.78 is 16.3. The Morgan fingerprint density at radius 1 is 1.10 bits per heavy atom. The van der Waals surface area contributed by atoms with Crippen LogP contribution in [-0.4, -0.2) is 71.0 Å². The number of amides is 1. The van der Waals surface area contributed by atoms with Crippen LogP contribution in [0.1, 0.15) is 17.2 Å². The van der Waals surface area contributed by atoms with Gasteiger partial charge in [-0.25, -0.2) is 0 Å². The van der Waals surface area contributed by atoms with Gasteiger partial charge in [0.25, 0.3) is 5.91 Å². The first kappa shape index (κ1) is 21.5. The predicted molar refractivity (Wildman–Crippen MR) is 120 cm³/mol. The lowest BCUT2D eigenvalue weighted by Gasteiger charge is -2.35. The van der Waals surface area contributed by atoms with Crippen molar-refractivity contribution in [1.29, 1.82) is 0 Å². The molecule has 1 fully saturated rings. The Hall–Kier alpha value is -2.77. The summed E-state index contributed by atoms with van der Waals surface area (Å²) in [6, 6.07) is 14.0. The van der Waals surface area contributed by atoms with Crippen LogP contribution in [0.15, 0.2) is 42.5 Å². The lowest BCUT2D eigenvalue weighted by molar-refractivity contribution is -0.123. The Balaban J connectivity index is 1.38. The number of fused-ring (bicyclic) bond motifs is 1. The number of hydrogen-bond donors (Lipinski definition) is 1. The highest BCUT2D eigenvalue weighted by molar-refractivity contribution is 5.77. The van der Waals surface area contributed by atoms with E-state index in [0.29, 0.717) is 12.3 Å². The molecule has 2 aromatic rings. The van der Waals surface area contributed by atoms with E-state index in [9.17, 15) is 4.79 Å². The molecule has 7 heteroatoms. The first-order valence-electron chi connectivity index (χ1n) is 10.8. The zero-order valence-corrected chi connectivity index (χ0v) is 18.3. The summed E-state index contributed by atoms with van der Waals surface area (Å²) in [6.45, 7) is 4.74. The van der Waals surface area contributed by atoms with E-state index in [1.54, 1.807) is 19.2 Å². The topological polar surface area (TPSA) is 63.3 Å². The molecule has 1 amide bonds. The van der Waals surface area contributed by atoms with Crippen LogP contribution in [0.3, 0.4) is 0 Å². The molecule has 0 bridgehead atoms. The maximum atomic E-state index is 12.5. The smallest absolute Gasteiger partial charge is 0.258 e. The molecule has 2 heterocycles. The molecule has 1 saturated heterocycles. The van der Waals surface area contributed by atoms with E-state index >= 15 is 0 Å². The minimum Gasteiger partial charge on any atom is -0.497 e. The molecule has 31 heavy (non-hydrogen) atoms. The number of anilines is 1. The third-order valence-corrected chi connectivity index (χ3v) is 6.02. The molecular weight excluding hydrogens is 394 g/mol. The van der Waals surface area contributed by atoms with Gasteiger partial charge in [0.1, 0.15) is 11.5 Å². The summed E-state index contributed by atoms with van der Waals surface area (Å²) in [4.78, 5) is 17.2. The fourth-order valence-corrected chi connectivity index (χ4v) is 4.22. The van der Waals surface area contributed by atoms with Crippen molar-refractivity contribution in [2.45, 2.75) is 12.5 Å². The third-order valence-electron chi connectivity index (χ3n) is 6.02. The van der Waals surface area contributed by atoms with Gasteiger partial charge in [-0.15, -0.1) is 0 Å². The maximum Gasteiger partial charge on any atom is 0.258 e. The van der Waals surface area contributed by atoms with Gasteiger partial charge < -0.3 is 24.4 Å². The number of methoxy groups -OCH3 is 1. The van der Waals surface area contributed by atoms with Crippen molar-refractivity contribution in [2.75, 3.05) is 65.1 Å². The van der Waals surface area contributed by atoms with Crippen LogP contribution in [0.2, 0.25) is 0 Å². The van der Waals surface area contributed by atoms with E-state index in [1.807, 2.05) is 12.1 Å². The number of nitrogens with one attached hydrogen (secondary N) is 1. The molecule has 0 saturated carbocycles. The lowest BCUT2D eigenvalue weighted by atomic mass is 10.0. The van der Waals surface area contributed by atoms with Crippen LogP contribution in [-0.2, 0) is 16.0 Å². The minimum atomic E-state index is -0.130. The fourth-order valence-electron chi connectivity index (χ4n) is 4.22. The van der Waals surface area contributed by atoms with Crippen LogP contribution in [0.4, 0.5) is 5.69 Å². The molecule has 1 atom stereocenters. The number of benzene rings is 2. The number of carbonyl (C=O) groups is 1. The summed E-state index contributed by atoms with van der Waals surface area (Å²) in [7, 11) is 3.75. The van der Waals surface area contributed by atoms with Crippen LogP contribution >= 0.6 is 0 Å². The molecule has 0 aromatic heterocycles. The number of morpholine rings is 1. The maximum absolute atomic E-state index is 12.5. The van der Waals surface area contributed by atoms with Crippen molar-refractivity contribution < 1.29 is 19.0 Å². The molecule has 0 aliphatic carbocycles. The highest BCUT2D eigenvalue weighted by Gasteiger charge is 2.25. The number of hydrogen-bond acceptors (Lipinski definition) is 6. The van der Waals surface area contributed by atoms with Crippen molar-refractivity contribution in [2.24, 2.45) is 0 Å². The Labute approximate surface area is 183 Å². The van der Waals surface area contributed by atoms with Gasteiger partial charge in [-0.05, 0) is 47.9 Å². The second-order valence-corrected chi connectivity index (χ2v) is 7.99. The van der Waals surface area contributed by atoms with Gasteiger partial charge in [-0.2, -0.15) is 0 Å². The van der Waals surface area contributed by atoms with E-state index in [-0.39, 0.29) is 18.6 Å². The van der Waals surface area contributed by atoms with E-state index in [1.165, 1.54) is 16.8 Å². The summed E-state index contributed by atoms with van der Waals surface area (Å²) in [5, 5.41) is 3.07. The van der Waals surface area contributed by atoms with Crippen LogP contribution in [0.25, 0.3) is 0 Å². The van der Waals surface area contributed by atoms with Gasteiger partial charge >= 0.3 is 0 Å². The monoisotopic (exact) mass is 425 g/mol. The largest absolute Gasteiger partial charge is 0.497 e. The van der Waals surface area contributed by atoms with Gasteiger partial charge in [-0.1, -0.05) is 12.1 Å². The standard InChI is InChI=1S/C24H31N3O4/c1-26-10-9-19-15-18(3-8-22(19)26)23(27-11-13-30-14-12-27)16-25-24(28)17-31-21-6-4-20(29-2)5-7-21/h3-8,15,23H,9-14,16-17H2,1-2H3,(H,25,28). The lowest BCUT2D eigenvalue weighted by Crippen LogP contribution is -2.44. The molecule has 0 spiro atoms. The Kier molecular flexibility index (Phi) is 6.94. The first-order valence-corrected chi connectivity index (χ1v) is 10.8. The summed E-state index contributed by atoms with van der Waals surface area (Å²) >= 11 is 0. The molecule has 166 valence electrons. The molecule has 2 aliphatic heterocycles. The summed E-state index contributed by atoms with van der Waals surface area (Å²) in [5.74, 6) is 1.27. The Bertz CT molecular complexity index is 881. The molecule has 2 aromatic carbocycles. The van der Waals surface area contributed by atoms with E-state index < -0.39 is 0 Å². The van der Waals surface area contributed by atoms with E-state index in [2.05, 4.69) is 40.4 Å². The van der Waals surface area contributed by atoms with Crippen LogP contribution < -0.4 is 19.7 Å². The molecule has 4 rings (SSSR count). The van der Waals surface area contributed by atoms with Gasteiger partial charge in [-0.3, -0.25) is 9.69 Å². The predicted octanol–water partition coefficient (Wildman–Crippen LogP) is 2.26. The third kappa shape index (κ3) is 5.29. The Morgan fingerprint density at radius 2 is 1.84 bits per heavy atom. The quantitative estimate of drug-likeness (QED) is 0.700. The van der Waals surface area contributed by atoms with E-state index in [0.717, 1.165) is 45.0 Å². The molecule has 0 radical (unpaired) electrons. The number of carbonyl (C=O) groups excluding carboxylic acids is 1. The Morgan fingerprint density at radius 3 is 2.58 bits per heavy atom. The normalized spacial score (nSPS) is 17.2. The molecule has 1 unspecified atom stereocenters. The van der Waals surface area contributed by atoms with Gasteiger partial charge in [0.15, 0.2) is 6.61 Å². The molecule has 7 nitrogen and oxygen atoms in total. The summed E-state index contributed by atoms with van der Waals surface area (Å²) in [6.07, 6.45) is 1.07. The zero-order valence-electron chi connectivity index (χ0n) is 18.3. The SMILES string of the molecule is COc1ccc(OCC(=O)NCC(c2ccc3c(c2)CCN3C)N2CCOCC2)cc1. The average Bonchev–Trinajstić information content (AvgIpc) is 3.19. The first-order chi connectivity index (χ1) is 15.1. The van der Waals surface area contributed by atoms with Crippen LogP contribution in [0, 0.1) is 0 Å². The van der Waals surface area contributed by atoms with Crippen molar-refractivity contribution in [1.82, 2.24) is 10.2 Å². The number of rotatable bonds is 8. The van der Waals surface area contributed by atoms with Crippen molar-refractivity contribution in [3.8, 4) is 11.5 Å². The number of nitrogens with zero attached hydrogens (tertiary/aromatic N) is 2. The van der Waals surface area contributed by atoms with Crippen molar-refractivity contribution in [3.63, 3.8) is 0 Å². The second kappa shape index (κ2) is 10.0.